The molecule has 0 aromatic heterocycles. The van der Waals surface area contributed by atoms with E-state index in [-0.39, 0.29) is 12.5 Å². The molecule has 0 aliphatic heterocycles. The minimum atomic E-state index is -0.863. The van der Waals surface area contributed by atoms with Crippen molar-refractivity contribution < 1.29 is 15.0 Å². The van der Waals surface area contributed by atoms with Crippen LogP contribution in [0.1, 0.15) is 162 Å². The third-order valence-electron chi connectivity index (χ3n) is 7.45. The van der Waals surface area contributed by atoms with Crippen molar-refractivity contribution >= 4 is 5.91 Å². The number of carbonyl (C=O) groups is 1. The Labute approximate surface area is 242 Å². The highest BCUT2D eigenvalue weighted by Crippen LogP contribution is 2.14. The van der Waals surface area contributed by atoms with Gasteiger partial charge >= 0.3 is 0 Å². The molecule has 0 radical (unpaired) electrons. The van der Waals surface area contributed by atoms with Gasteiger partial charge in [0.15, 0.2) is 0 Å². The molecule has 1 amide bonds. The lowest BCUT2D eigenvalue weighted by molar-refractivity contribution is -0.123. The molecule has 0 fully saturated rings. The van der Waals surface area contributed by atoms with Gasteiger partial charge in [0.1, 0.15) is 0 Å². The molecule has 228 valence electrons. The summed E-state index contributed by atoms with van der Waals surface area (Å²) in [5.41, 5.74) is 0. The van der Waals surface area contributed by atoms with Gasteiger partial charge in [-0.15, -0.1) is 0 Å². The molecule has 0 aliphatic rings. The molecule has 0 spiro atoms. The number of rotatable bonds is 29. The summed E-state index contributed by atoms with van der Waals surface area (Å²) < 4.78 is 0. The van der Waals surface area contributed by atoms with E-state index in [4.69, 9.17) is 0 Å². The fraction of sp³-hybridized carbons (Fsp3) is 0.800. The van der Waals surface area contributed by atoms with Crippen LogP contribution in [0.15, 0.2) is 36.5 Å². The van der Waals surface area contributed by atoms with Crippen molar-refractivity contribution in [3.05, 3.63) is 36.5 Å². The highest BCUT2D eigenvalue weighted by atomic mass is 16.3. The highest BCUT2D eigenvalue weighted by molar-refractivity contribution is 5.76. The number of aliphatic hydroxyl groups is 2. The minimum Gasteiger partial charge on any atom is -0.394 e. The molecule has 39 heavy (non-hydrogen) atoms. The summed E-state index contributed by atoms with van der Waals surface area (Å²) in [5.74, 6) is -0.0814. The van der Waals surface area contributed by atoms with Gasteiger partial charge in [-0.1, -0.05) is 153 Å². The van der Waals surface area contributed by atoms with Gasteiger partial charge in [-0.05, 0) is 39.0 Å². The van der Waals surface area contributed by atoms with Crippen molar-refractivity contribution in [1.29, 1.82) is 0 Å². The normalized spacial score (nSPS) is 13.6. The second-order valence-electron chi connectivity index (χ2n) is 11.2. The zero-order valence-electron chi connectivity index (χ0n) is 25.9. The van der Waals surface area contributed by atoms with Crippen molar-refractivity contribution in [3.63, 3.8) is 0 Å². The third kappa shape index (κ3) is 28.0. The van der Waals surface area contributed by atoms with Crippen LogP contribution in [0.5, 0.6) is 0 Å². The molecule has 0 saturated carbocycles. The summed E-state index contributed by atoms with van der Waals surface area (Å²) >= 11 is 0. The summed E-state index contributed by atoms with van der Waals surface area (Å²) in [5, 5.41) is 22.7. The molecular formula is C35H65NO3. The van der Waals surface area contributed by atoms with E-state index in [0.717, 1.165) is 38.5 Å². The summed E-state index contributed by atoms with van der Waals surface area (Å²) in [6, 6.07) is -0.638. The van der Waals surface area contributed by atoms with E-state index in [9.17, 15) is 15.0 Å². The molecule has 0 aromatic rings. The molecule has 0 saturated heterocycles. The fourth-order valence-corrected chi connectivity index (χ4v) is 4.86. The monoisotopic (exact) mass is 547 g/mol. The molecule has 0 aromatic carbocycles. The maximum Gasteiger partial charge on any atom is 0.220 e. The number of unbranched alkanes of at least 4 members (excludes halogenated alkanes) is 19. The summed E-state index contributed by atoms with van der Waals surface area (Å²) in [6.07, 6.45) is 39.6. The highest BCUT2D eigenvalue weighted by Gasteiger charge is 2.17. The fourth-order valence-electron chi connectivity index (χ4n) is 4.86. The largest absolute Gasteiger partial charge is 0.394 e. The summed E-state index contributed by atoms with van der Waals surface area (Å²) in [6.45, 7) is 4.05. The van der Waals surface area contributed by atoms with Crippen LogP contribution in [0, 0.1) is 0 Å². The lowest BCUT2D eigenvalue weighted by Gasteiger charge is -2.19. The number of allylic oxidation sites excluding steroid dienone is 5. The maximum absolute atomic E-state index is 12.2. The molecular weight excluding hydrogens is 482 g/mol. The first-order valence-electron chi connectivity index (χ1n) is 16.7. The predicted molar refractivity (Wildman–Crippen MR) is 170 cm³/mol. The number of aliphatic hydroxyl groups excluding tert-OH is 2. The van der Waals surface area contributed by atoms with E-state index < -0.39 is 12.1 Å². The molecule has 0 heterocycles. The molecule has 3 N–H and O–H groups in total. The maximum atomic E-state index is 12.2. The van der Waals surface area contributed by atoms with Crippen molar-refractivity contribution in [3.8, 4) is 0 Å². The van der Waals surface area contributed by atoms with E-state index in [1.54, 1.807) is 6.08 Å². The molecule has 0 bridgehead atoms. The molecule has 0 aliphatic carbocycles. The Kier molecular flexibility index (Phi) is 30.0. The second kappa shape index (κ2) is 31.1. The van der Waals surface area contributed by atoms with E-state index in [1.807, 2.05) is 13.0 Å². The van der Waals surface area contributed by atoms with Crippen molar-refractivity contribution in [2.75, 3.05) is 6.61 Å². The van der Waals surface area contributed by atoms with Gasteiger partial charge in [0, 0.05) is 6.42 Å². The minimum absolute atomic E-state index is 0.0814. The first kappa shape index (κ1) is 37.6. The molecule has 4 nitrogen and oxygen atoms in total. The van der Waals surface area contributed by atoms with Gasteiger partial charge in [0.25, 0.3) is 0 Å². The van der Waals surface area contributed by atoms with Gasteiger partial charge < -0.3 is 15.5 Å². The Morgan fingerprint density at radius 3 is 1.49 bits per heavy atom. The summed E-state index contributed by atoms with van der Waals surface area (Å²) in [4.78, 5) is 12.2. The van der Waals surface area contributed by atoms with Crippen LogP contribution in [-0.2, 0) is 4.79 Å². The van der Waals surface area contributed by atoms with Crippen molar-refractivity contribution in [2.24, 2.45) is 0 Å². The van der Waals surface area contributed by atoms with Gasteiger partial charge in [-0.25, -0.2) is 0 Å². The first-order chi connectivity index (χ1) is 19.2. The number of hydrogen-bond acceptors (Lipinski definition) is 3. The van der Waals surface area contributed by atoms with Crippen LogP contribution in [0.25, 0.3) is 0 Å². The van der Waals surface area contributed by atoms with Crippen LogP contribution in [-0.4, -0.2) is 34.9 Å². The number of hydrogen-bond donors (Lipinski definition) is 3. The molecule has 4 heteroatoms. The van der Waals surface area contributed by atoms with Gasteiger partial charge in [0.2, 0.25) is 5.91 Å². The lowest BCUT2D eigenvalue weighted by Crippen LogP contribution is -2.45. The zero-order valence-corrected chi connectivity index (χ0v) is 25.9. The summed E-state index contributed by atoms with van der Waals surface area (Å²) in [7, 11) is 0. The third-order valence-corrected chi connectivity index (χ3v) is 7.45. The van der Waals surface area contributed by atoms with E-state index in [0.29, 0.717) is 6.42 Å². The van der Waals surface area contributed by atoms with Gasteiger partial charge in [-0.2, -0.15) is 0 Å². The van der Waals surface area contributed by atoms with Crippen LogP contribution in [0.3, 0.4) is 0 Å². The Balaban J connectivity index is 3.59. The average molecular weight is 548 g/mol. The Morgan fingerprint density at radius 1 is 0.641 bits per heavy atom. The van der Waals surface area contributed by atoms with E-state index in [2.05, 4.69) is 36.5 Å². The van der Waals surface area contributed by atoms with Gasteiger partial charge in [-0.3, -0.25) is 4.79 Å². The van der Waals surface area contributed by atoms with Gasteiger partial charge in [0.05, 0.1) is 18.8 Å². The van der Waals surface area contributed by atoms with Crippen LogP contribution < -0.4 is 5.32 Å². The second-order valence-corrected chi connectivity index (χ2v) is 11.2. The Bertz CT molecular complexity index is 599. The van der Waals surface area contributed by atoms with E-state index >= 15 is 0 Å². The number of nitrogens with one attached hydrogen (secondary N) is 1. The lowest BCUT2D eigenvalue weighted by atomic mass is 10.0. The van der Waals surface area contributed by atoms with Crippen molar-refractivity contribution in [2.45, 2.75) is 174 Å². The predicted octanol–water partition coefficient (Wildman–Crippen LogP) is 9.51. The molecule has 0 rings (SSSR count). The van der Waals surface area contributed by atoms with Crippen LogP contribution in [0.2, 0.25) is 0 Å². The van der Waals surface area contributed by atoms with Crippen LogP contribution in [0.4, 0.5) is 0 Å². The molecule has 2 unspecified atom stereocenters. The van der Waals surface area contributed by atoms with E-state index in [1.165, 1.54) is 103 Å². The molecule has 2 atom stereocenters. The SMILES string of the molecule is C/C=C/CC/C=C/CC/C=C/C(O)C(CO)NC(=O)CCCCCCCCCCCCCCCCCCCC. The van der Waals surface area contributed by atoms with Crippen molar-refractivity contribution in [1.82, 2.24) is 5.32 Å². The first-order valence-corrected chi connectivity index (χ1v) is 16.7. The Morgan fingerprint density at radius 2 is 1.05 bits per heavy atom. The zero-order chi connectivity index (χ0) is 28.7. The number of carbonyl (C=O) groups excluding carboxylic acids is 1. The standard InChI is InChI=1S/C35H65NO3/c1-3-5-7-9-11-13-14-15-16-17-18-19-20-21-23-25-27-29-31-35(39)36-33(32-37)34(38)30-28-26-24-22-12-10-8-6-4-2/h4,6,12,22,28,30,33-34,37-38H,3,5,7-11,13-21,23-27,29,31-32H2,1-2H3,(H,36,39)/b6-4+,22-12+,30-28+. The Hall–Kier alpha value is -1.39. The van der Waals surface area contributed by atoms with Crippen LogP contribution >= 0.6 is 0 Å². The number of amides is 1. The topological polar surface area (TPSA) is 69.6 Å². The average Bonchev–Trinajstić information content (AvgIpc) is 2.94. The smallest absolute Gasteiger partial charge is 0.220 e. The quantitative estimate of drug-likeness (QED) is 0.0645.